The fourth-order valence-electron chi connectivity index (χ4n) is 1.73. The third kappa shape index (κ3) is 4.88. The van der Waals surface area contributed by atoms with Gasteiger partial charge in [-0.25, -0.2) is 0 Å². The highest BCUT2D eigenvalue weighted by atomic mass is 35.5. The number of nitrogens with one attached hydrogen (secondary N) is 2. The number of halogens is 2. The fourth-order valence-corrected chi connectivity index (χ4v) is 2.60. The first-order valence-corrected chi connectivity index (χ1v) is 7.97. The molecule has 0 amide bonds. The number of nitrogens with zero attached hydrogens (tertiary/aromatic N) is 2. The second-order valence-electron chi connectivity index (χ2n) is 4.84. The molecule has 0 spiro atoms. The Bertz CT molecular complexity index is 652. The van der Waals surface area contributed by atoms with Gasteiger partial charge >= 0.3 is 0 Å². The summed E-state index contributed by atoms with van der Waals surface area (Å²) in [5.41, 5.74) is 1.86. The molecule has 2 aromatic rings. The van der Waals surface area contributed by atoms with Gasteiger partial charge in [0, 0.05) is 35.0 Å². The summed E-state index contributed by atoms with van der Waals surface area (Å²) in [6.45, 7) is 6.17. The van der Waals surface area contributed by atoms with Crippen LogP contribution in [0.4, 0.5) is 10.8 Å². The minimum Gasteiger partial charge on any atom is -0.386 e. The van der Waals surface area contributed by atoms with Gasteiger partial charge in [-0.3, -0.25) is 0 Å². The van der Waals surface area contributed by atoms with Crippen LogP contribution in [0.5, 0.6) is 0 Å². The molecule has 0 radical (unpaired) electrons. The molecule has 21 heavy (non-hydrogen) atoms. The number of hydrogen-bond acceptors (Lipinski definition) is 5. The van der Waals surface area contributed by atoms with E-state index in [1.165, 1.54) is 11.5 Å². The van der Waals surface area contributed by atoms with Crippen LogP contribution in [-0.4, -0.2) is 15.4 Å². The van der Waals surface area contributed by atoms with E-state index in [2.05, 4.69) is 33.8 Å². The highest BCUT2D eigenvalue weighted by Crippen LogP contribution is 2.27. The number of hydrogen-bond donors (Lipinski definition) is 2. The molecule has 0 saturated carbocycles. The molecular weight excluding hydrogens is 327 g/mol. The van der Waals surface area contributed by atoms with Crippen LogP contribution in [0.15, 0.2) is 23.9 Å². The van der Waals surface area contributed by atoms with E-state index in [-0.39, 0.29) is 0 Å². The van der Waals surface area contributed by atoms with Crippen LogP contribution in [-0.2, 0) is 0 Å². The molecule has 0 unspecified atom stereocenters. The van der Waals surface area contributed by atoms with E-state index in [0.717, 1.165) is 11.4 Å². The van der Waals surface area contributed by atoms with Crippen molar-refractivity contribution in [3.05, 3.63) is 39.8 Å². The van der Waals surface area contributed by atoms with E-state index in [9.17, 15) is 0 Å². The van der Waals surface area contributed by atoms with E-state index < -0.39 is 0 Å². The quantitative estimate of drug-likeness (QED) is 0.807. The molecule has 0 saturated heterocycles. The van der Waals surface area contributed by atoms with Gasteiger partial charge in [0.25, 0.3) is 0 Å². The monoisotopic (exact) mass is 342 g/mol. The molecule has 0 aliphatic rings. The van der Waals surface area contributed by atoms with Gasteiger partial charge in [-0.15, -0.1) is 0 Å². The molecule has 0 bridgehead atoms. The molecule has 7 heteroatoms. The van der Waals surface area contributed by atoms with Crippen molar-refractivity contribution < 1.29 is 0 Å². The molecular formula is C14H16Cl2N4S. The number of allylic oxidation sites excluding steroid dienone is 1. The third-order valence-corrected chi connectivity index (χ3v) is 3.86. The summed E-state index contributed by atoms with van der Waals surface area (Å²) in [6, 6.07) is 5.72. The average molecular weight is 343 g/mol. The van der Waals surface area contributed by atoms with Crippen LogP contribution in [0.25, 0.3) is 6.08 Å². The summed E-state index contributed by atoms with van der Waals surface area (Å²) in [6.07, 6.45) is 1.91. The lowest BCUT2D eigenvalue weighted by molar-refractivity contribution is 0.673. The van der Waals surface area contributed by atoms with Crippen LogP contribution in [0.2, 0.25) is 10.0 Å². The average Bonchev–Trinajstić information content (AvgIpc) is 2.80. The Balaban J connectivity index is 2.07. The second kappa shape index (κ2) is 7.11. The molecule has 0 aliphatic carbocycles. The van der Waals surface area contributed by atoms with Gasteiger partial charge in [-0.1, -0.05) is 23.2 Å². The standard InChI is InChI=1S/C14H16Cl2N4S/c1-8(2)17-9(3)6-13-19-14(21-20-13)18-10-4-5-11(15)12(16)7-10/h4-8,17H,1-3H3,(H,18,19,20)/b9-6+. The van der Waals surface area contributed by atoms with Gasteiger partial charge in [0.15, 0.2) is 5.82 Å². The van der Waals surface area contributed by atoms with Gasteiger partial charge in [0.05, 0.1) is 10.0 Å². The lowest BCUT2D eigenvalue weighted by Gasteiger charge is -2.08. The maximum Gasteiger partial charge on any atom is 0.207 e. The molecule has 1 aromatic heterocycles. The molecule has 0 aliphatic heterocycles. The Labute approximate surface area is 138 Å². The van der Waals surface area contributed by atoms with Crippen LogP contribution >= 0.6 is 34.7 Å². The second-order valence-corrected chi connectivity index (χ2v) is 6.40. The first kappa shape index (κ1) is 16.1. The molecule has 1 heterocycles. The normalized spacial score (nSPS) is 11.8. The Morgan fingerprint density at radius 3 is 2.71 bits per heavy atom. The van der Waals surface area contributed by atoms with Crippen molar-refractivity contribution in [1.29, 1.82) is 0 Å². The van der Waals surface area contributed by atoms with Gasteiger partial charge in [-0.2, -0.15) is 9.36 Å². The fraction of sp³-hybridized carbons (Fsp3) is 0.286. The summed E-state index contributed by atoms with van der Waals surface area (Å²) in [7, 11) is 0. The highest BCUT2D eigenvalue weighted by Gasteiger charge is 2.05. The van der Waals surface area contributed by atoms with Crippen molar-refractivity contribution in [3.63, 3.8) is 0 Å². The lowest BCUT2D eigenvalue weighted by atomic mass is 10.3. The lowest BCUT2D eigenvalue weighted by Crippen LogP contribution is -2.20. The van der Waals surface area contributed by atoms with Gasteiger partial charge in [0.1, 0.15) is 0 Å². The Morgan fingerprint density at radius 1 is 1.29 bits per heavy atom. The summed E-state index contributed by atoms with van der Waals surface area (Å²) in [5.74, 6) is 0.674. The maximum absolute atomic E-state index is 5.98. The van der Waals surface area contributed by atoms with Gasteiger partial charge in [0.2, 0.25) is 5.13 Å². The zero-order valence-electron chi connectivity index (χ0n) is 11.9. The number of aromatic nitrogens is 2. The zero-order valence-corrected chi connectivity index (χ0v) is 14.3. The van der Waals surface area contributed by atoms with Crippen LogP contribution in [0.3, 0.4) is 0 Å². The number of benzene rings is 1. The van der Waals surface area contributed by atoms with E-state index in [1.54, 1.807) is 12.1 Å². The summed E-state index contributed by atoms with van der Waals surface area (Å²) in [5, 5.41) is 8.19. The van der Waals surface area contributed by atoms with Crippen molar-refractivity contribution in [3.8, 4) is 0 Å². The predicted molar refractivity (Wildman–Crippen MR) is 91.6 cm³/mol. The SMILES string of the molecule is C/C(=C\c1nsc(Nc2ccc(Cl)c(Cl)c2)n1)NC(C)C. The van der Waals surface area contributed by atoms with Crippen LogP contribution in [0.1, 0.15) is 26.6 Å². The first-order chi connectivity index (χ1) is 9.94. The highest BCUT2D eigenvalue weighted by molar-refractivity contribution is 7.09. The minimum absolute atomic E-state index is 0.383. The third-order valence-electron chi connectivity index (χ3n) is 2.47. The van der Waals surface area contributed by atoms with Crippen molar-refractivity contribution >= 4 is 51.6 Å². The van der Waals surface area contributed by atoms with E-state index >= 15 is 0 Å². The van der Waals surface area contributed by atoms with Crippen molar-refractivity contribution in [1.82, 2.24) is 14.7 Å². The predicted octanol–water partition coefficient (Wildman–Crippen LogP) is 4.95. The smallest absolute Gasteiger partial charge is 0.207 e. The van der Waals surface area contributed by atoms with Gasteiger partial charge in [-0.05, 0) is 39.0 Å². The van der Waals surface area contributed by atoms with Crippen molar-refractivity contribution in [2.45, 2.75) is 26.8 Å². The van der Waals surface area contributed by atoms with Gasteiger partial charge < -0.3 is 10.6 Å². The Hall–Kier alpha value is -1.30. The largest absolute Gasteiger partial charge is 0.386 e. The van der Waals surface area contributed by atoms with Crippen molar-refractivity contribution in [2.24, 2.45) is 0 Å². The molecule has 1 aromatic carbocycles. The van der Waals surface area contributed by atoms with Crippen LogP contribution < -0.4 is 10.6 Å². The summed E-state index contributed by atoms with van der Waals surface area (Å²) >= 11 is 13.2. The maximum atomic E-state index is 5.98. The summed E-state index contributed by atoms with van der Waals surface area (Å²) < 4.78 is 4.29. The Morgan fingerprint density at radius 2 is 2.05 bits per heavy atom. The Kier molecular flexibility index (Phi) is 5.45. The van der Waals surface area contributed by atoms with E-state index in [4.69, 9.17) is 23.2 Å². The number of anilines is 2. The zero-order chi connectivity index (χ0) is 15.4. The molecule has 0 fully saturated rings. The topological polar surface area (TPSA) is 49.8 Å². The van der Waals surface area contributed by atoms with Crippen molar-refractivity contribution in [2.75, 3.05) is 5.32 Å². The molecule has 0 atom stereocenters. The summed E-state index contributed by atoms with van der Waals surface area (Å²) in [4.78, 5) is 4.41. The molecule has 2 N–H and O–H groups in total. The first-order valence-electron chi connectivity index (χ1n) is 6.44. The minimum atomic E-state index is 0.383. The molecule has 2 rings (SSSR count). The van der Waals surface area contributed by atoms with E-state index in [0.29, 0.717) is 27.0 Å². The molecule has 4 nitrogen and oxygen atoms in total. The molecule has 112 valence electrons. The van der Waals surface area contributed by atoms with E-state index in [1.807, 2.05) is 19.1 Å². The van der Waals surface area contributed by atoms with Crippen LogP contribution in [0, 0.1) is 0 Å². The number of rotatable bonds is 5.